The fourth-order valence-corrected chi connectivity index (χ4v) is 5.16. The Kier molecular flexibility index (Phi) is 7.17. The molecule has 3 rings (SSSR count). The van der Waals surface area contributed by atoms with Gasteiger partial charge in [-0.05, 0) is 68.4 Å². The van der Waals surface area contributed by atoms with Crippen LogP contribution < -0.4 is 14.3 Å². The number of benzene rings is 2. The molecular weight excluding hydrogens is 485 g/mol. The predicted molar refractivity (Wildman–Crippen MR) is 126 cm³/mol. The summed E-state index contributed by atoms with van der Waals surface area (Å²) in [5, 5.41) is 2.55. The van der Waals surface area contributed by atoms with E-state index in [1.165, 1.54) is 49.5 Å². The van der Waals surface area contributed by atoms with Gasteiger partial charge in [-0.1, -0.05) is 0 Å². The Morgan fingerprint density at radius 3 is 2.18 bits per heavy atom. The fourth-order valence-electron chi connectivity index (χ4n) is 3.04. The highest BCUT2D eigenvalue weighted by molar-refractivity contribution is 7.92. The zero-order valence-electron chi connectivity index (χ0n) is 18.4. The first-order chi connectivity index (χ1) is 15.9. The number of nitrogens with one attached hydrogen (secondary N) is 2. The summed E-state index contributed by atoms with van der Waals surface area (Å²) in [6.45, 7) is 3.07. The van der Waals surface area contributed by atoms with E-state index in [9.17, 15) is 26.0 Å². The van der Waals surface area contributed by atoms with Crippen molar-refractivity contribution in [1.82, 2.24) is 9.97 Å². The number of aromatic nitrogens is 2. The van der Waals surface area contributed by atoms with Gasteiger partial charge in [0.15, 0.2) is 0 Å². The minimum absolute atomic E-state index is 0.0761. The highest BCUT2D eigenvalue weighted by atomic mass is 32.2. The van der Waals surface area contributed by atoms with Crippen molar-refractivity contribution in [3.63, 3.8) is 0 Å². The van der Waals surface area contributed by atoms with E-state index in [1.807, 2.05) is 0 Å². The first kappa shape index (κ1) is 25.1. The molecule has 10 nitrogen and oxygen atoms in total. The number of amides is 1. The SMILES string of the molecule is Cc1ccnc(NS(=O)(=O)c2ccc(NC(=O)[C@H](C)N(c3ccc(F)cc3)S(C)(=O)=O)cc2)n1. The number of anilines is 3. The fraction of sp³-hybridized carbons (Fsp3) is 0.190. The summed E-state index contributed by atoms with van der Waals surface area (Å²) >= 11 is 0. The number of sulfonamides is 2. The van der Waals surface area contributed by atoms with Crippen LogP contribution in [0.15, 0.2) is 65.7 Å². The van der Waals surface area contributed by atoms with Gasteiger partial charge in [0.05, 0.1) is 16.8 Å². The summed E-state index contributed by atoms with van der Waals surface area (Å²) in [7, 11) is -7.85. The zero-order valence-corrected chi connectivity index (χ0v) is 20.1. The first-order valence-corrected chi connectivity index (χ1v) is 13.2. The van der Waals surface area contributed by atoms with Gasteiger partial charge >= 0.3 is 0 Å². The van der Waals surface area contributed by atoms with Gasteiger partial charge < -0.3 is 5.32 Å². The molecule has 1 heterocycles. The van der Waals surface area contributed by atoms with Gasteiger partial charge in [0.25, 0.3) is 10.0 Å². The molecule has 13 heteroatoms. The van der Waals surface area contributed by atoms with Gasteiger partial charge in [-0.25, -0.2) is 35.9 Å². The Balaban J connectivity index is 1.76. The van der Waals surface area contributed by atoms with Crippen molar-refractivity contribution in [3.8, 4) is 0 Å². The Morgan fingerprint density at radius 2 is 1.62 bits per heavy atom. The Labute approximate surface area is 197 Å². The summed E-state index contributed by atoms with van der Waals surface area (Å²) in [5.74, 6) is -1.29. The van der Waals surface area contributed by atoms with Gasteiger partial charge in [-0.15, -0.1) is 0 Å². The molecular formula is C21H22FN5O5S2. The van der Waals surface area contributed by atoms with Crippen LogP contribution in [0.5, 0.6) is 0 Å². The smallest absolute Gasteiger partial charge is 0.264 e. The Bertz CT molecular complexity index is 1400. The van der Waals surface area contributed by atoms with E-state index in [0.717, 1.165) is 22.7 Å². The van der Waals surface area contributed by atoms with Crippen LogP contribution in [0.2, 0.25) is 0 Å². The maximum Gasteiger partial charge on any atom is 0.264 e. The third kappa shape index (κ3) is 6.05. The van der Waals surface area contributed by atoms with E-state index in [4.69, 9.17) is 0 Å². The maximum atomic E-state index is 13.2. The van der Waals surface area contributed by atoms with Gasteiger partial charge in [0, 0.05) is 17.6 Å². The number of carbonyl (C=O) groups excluding carboxylic acids is 1. The Hall–Kier alpha value is -3.58. The molecule has 0 bridgehead atoms. The lowest BCUT2D eigenvalue weighted by molar-refractivity contribution is -0.116. The molecule has 2 N–H and O–H groups in total. The van der Waals surface area contributed by atoms with Crippen molar-refractivity contribution in [2.24, 2.45) is 0 Å². The van der Waals surface area contributed by atoms with Crippen molar-refractivity contribution < 1.29 is 26.0 Å². The molecule has 34 heavy (non-hydrogen) atoms. The molecule has 0 radical (unpaired) electrons. The standard InChI is InChI=1S/C21H22FN5O5S2/c1-14-12-13-23-21(24-14)26-34(31,32)19-10-6-17(7-11-19)25-20(28)15(2)27(33(3,29)30)18-8-4-16(22)5-9-18/h4-13,15H,1-3H3,(H,25,28)(H,23,24,26)/t15-/m0/s1. The van der Waals surface area contributed by atoms with Crippen molar-refractivity contribution in [1.29, 1.82) is 0 Å². The second-order valence-electron chi connectivity index (χ2n) is 7.35. The monoisotopic (exact) mass is 507 g/mol. The molecule has 0 aliphatic carbocycles. The summed E-state index contributed by atoms with van der Waals surface area (Å²) in [6, 6.07) is 10.4. The maximum absolute atomic E-state index is 13.2. The van der Waals surface area contributed by atoms with Crippen LogP contribution in [0.3, 0.4) is 0 Å². The third-order valence-corrected chi connectivity index (χ3v) is 7.21. The molecule has 1 amide bonds. The third-order valence-electron chi connectivity index (χ3n) is 4.62. The van der Waals surface area contributed by atoms with Crippen molar-refractivity contribution >= 4 is 43.3 Å². The molecule has 0 spiro atoms. The zero-order chi connectivity index (χ0) is 25.1. The molecule has 0 aliphatic rings. The van der Waals surface area contributed by atoms with E-state index in [2.05, 4.69) is 20.0 Å². The number of aryl methyl sites for hydroxylation is 1. The van der Waals surface area contributed by atoms with E-state index in [1.54, 1.807) is 13.0 Å². The van der Waals surface area contributed by atoms with Crippen molar-refractivity contribution in [2.45, 2.75) is 24.8 Å². The number of carbonyl (C=O) groups is 1. The van der Waals surface area contributed by atoms with Gasteiger partial charge in [0.2, 0.25) is 21.9 Å². The number of halogens is 1. The molecule has 2 aromatic carbocycles. The largest absolute Gasteiger partial charge is 0.324 e. The molecule has 0 unspecified atom stereocenters. The lowest BCUT2D eigenvalue weighted by Gasteiger charge is -2.28. The summed E-state index contributed by atoms with van der Waals surface area (Å²) in [4.78, 5) is 20.5. The minimum atomic E-state index is -3.97. The number of hydrogen-bond acceptors (Lipinski definition) is 7. The summed E-state index contributed by atoms with van der Waals surface area (Å²) in [6.07, 6.45) is 2.36. The Morgan fingerprint density at radius 1 is 1.00 bits per heavy atom. The van der Waals surface area contributed by atoms with E-state index < -0.39 is 37.8 Å². The van der Waals surface area contributed by atoms with E-state index in [-0.39, 0.29) is 22.2 Å². The highest BCUT2D eigenvalue weighted by Gasteiger charge is 2.29. The lowest BCUT2D eigenvalue weighted by atomic mass is 10.2. The highest BCUT2D eigenvalue weighted by Crippen LogP contribution is 2.22. The van der Waals surface area contributed by atoms with Crippen LogP contribution in [0, 0.1) is 12.7 Å². The van der Waals surface area contributed by atoms with Crippen molar-refractivity contribution in [2.75, 3.05) is 20.6 Å². The normalized spacial score (nSPS) is 12.6. The molecule has 0 saturated heterocycles. The first-order valence-electron chi connectivity index (χ1n) is 9.85. The number of rotatable bonds is 8. The molecule has 1 atom stereocenters. The van der Waals surface area contributed by atoms with Crippen LogP contribution in [-0.4, -0.2) is 45.0 Å². The average molecular weight is 508 g/mol. The topological polar surface area (TPSA) is 138 Å². The van der Waals surface area contributed by atoms with Crippen LogP contribution in [0.4, 0.5) is 21.7 Å². The molecule has 3 aromatic rings. The van der Waals surface area contributed by atoms with Crippen LogP contribution in [0.25, 0.3) is 0 Å². The van der Waals surface area contributed by atoms with E-state index in [0.29, 0.717) is 5.69 Å². The predicted octanol–water partition coefficient (Wildman–Crippen LogP) is 2.52. The summed E-state index contributed by atoms with van der Waals surface area (Å²) in [5.41, 5.74) is 0.955. The quantitative estimate of drug-likeness (QED) is 0.478. The second kappa shape index (κ2) is 9.73. The van der Waals surface area contributed by atoms with E-state index >= 15 is 0 Å². The molecule has 180 valence electrons. The number of nitrogens with zero attached hydrogens (tertiary/aromatic N) is 3. The second-order valence-corrected chi connectivity index (χ2v) is 10.9. The molecule has 0 saturated carbocycles. The summed E-state index contributed by atoms with van der Waals surface area (Å²) < 4.78 is 66.1. The van der Waals surface area contributed by atoms with Crippen LogP contribution in [-0.2, 0) is 24.8 Å². The van der Waals surface area contributed by atoms with Crippen LogP contribution >= 0.6 is 0 Å². The molecule has 0 fully saturated rings. The van der Waals surface area contributed by atoms with Gasteiger partial charge in [0.1, 0.15) is 11.9 Å². The molecule has 0 aliphatic heterocycles. The lowest BCUT2D eigenvalue weighted by Crippen LogP contribution is -2.45. The van der Waals surface area contributed by atoms with Crippen molar-refractivity contribution in [3.05, 3.63) is 72.3 Å². The molecule has 1 aromatic heterocycles. The van der Waals surface area contributed by atoms with Crippen LogP contribution in [0.1, 0.15) is 12.6 Å². The van der Waals surface area contributed by atoms with Gasteiger partial charge in [-0.3, -0.25) is 9.10 Å². The average Bonchev–Trinajstić information content (AvgIpc) is 2.74. The van der Waals surface area contributed by atoms with Gasteiger partial charge in [-0.2, -0.15) is 0 Å². The number of hydrogen-bond donors (Lipinski definition) is 2. The minimum Gasteiger partial charge on any atom is -0.324 e.